The number of hydrogen-bond acceptors (Lipinski definition) is 4. The first kappa shape index (κ1) is 18.1. The van der Waals surface area contributed by atoms with Crippen molar-refractivity contribution in [1.82, 2.24) is 14.5 Å². The molecule has 0 aliphatic rings. The van der Waals surface area contributed by atoms with E-state index >= 15 is 0 Å². The van der Waals surface area contributed by atoms with E-state index in [0.29, 0.717) is 0 Å². The molecule has 1 aromatic heterocycles. The summed E-state index contributed by atoms with van der Waals surface area (Å²) in [6.45, 7) is 2.06. The van der Waals surface area contributed by atoms with Gasteiger partial charge < -0.3 is 14.8 Å². The lowest BCUT2D eigenvalue weighted by Crippen LogP contribution is -2.36. The number of amides is 2. The fraction of sp³-hybridized carbons (Fsp3) is 0.353. The van der Waals surface area contributed by atoms with E-state index in [-0.39, 0.29) is 24.1 Å². The van der Waals surface area contributed by atoms with Crippen LogP contribution in [-0.4, -0.2) is 45.6 Å². The Balaban J connectivity index is 1.84. The number of rotatable bonds is 7. The molecule has 1 heterocycles. The van der Waals surface area contributed by atoms with E-state index in [1.807, 2.05) is 49.0 Å². The highest BCUT2D eigenvalue weighted by molar-refractivity contribution is 7.99. The normalized spacial score (nSPS) is 10.5. The number of carbonyl (C=O) groups excluding carboxylic acids is 2. The first-order valence-corrected chi connectivity index (χ1v) is 8.71. The second-order valence-corrected chi connectivity index (χ2v) is 6.36. The van der Waals surface area contributed by atoms with E-state index in [4.69, 9.17) is 0 Å². The molecule has 0 saturated carbocycles. The Morgan fingerprint density at radius 1 is 1.33 bits per heavy atom. The van der Waals surface area contributed by atoms with Crippen LogP contribution in [0.4, 0.5) is 5.69 Å². The molecule has 6 nitrogen and oxygen atoms in total. The predicted octanol–water partition coefficient (Wildman–Crippen LogP) is 2.17. The molecule has 24 heavy (non-hydrogen) atoms. The summed E-state index contributed by atoms with van der Waals surface area (Å²) in [6.07, 6.45) is 4.36. The van der Waals surface area contributed by atoms with Gasteiger partial charge in [0.1, 0.15) is 0 Å². The van der Waals surface area contributed by atoms with Crippen molar-refractivity contribution in [3.63, 3.8) is 0 Å². The fourth-order valence-corrected chi connectivity index (χ4v) is 3.04. The molecule has 128 valence electrons. The Labute approximate surface area is 146 Å². The minimum Gasteiger partial charge on any atom is -0.336 e. The van der Waals surface area contributed by atoms with Crippen molar-refractivity contribution >= 4 is 29.3 Å². The van der Waals surface area contributed by atoms with Gasteiger partial charge in [0.05, 0.1) is 12.3 Å². The zero-order valence-corrected chi connectivity index (χ0v) is 15.0. The van der Waals surface area contributed by atoms with Gasteiger partial charge in [-0.25, -0.2) is 4.98 Å². The number of imidazole rings is 1. The number of aromatic nitrogens is 2. The fourth-order valence-electron chi connectivity index (χ4n) is 2.17. The van der Waals surface area contributed by atoms with Crippen LogP contribution in [0.15, 0.2) is 41.8 Å². The number of nitrogens with one attached hydrogen (secondary N) is 1. The highest BCUT2D eigenvalue weighted by Crippen LogP contribution is 2.16. The first-order chi connectivity index (χ1) is 11.5. The average Bonchev–Trinajstić information content (AvgIpc) is 2.98. The lowest BCUT2D eigenvalue weighted by atomic mass is 10.1. The minimum atomic E-state index is -0.200. The van der Waals surface area contributed by atoms with Gasteiger partial charge in [0.25, 0.3) is 0 Å². The van der Waals surface area contributed by atoms with Crippen LogP contribution in [0.3, 0.4) is 0 Å². The number of para-hydroxylation sites is 1. The zero-order chi connectivity index (χ0) is 17.5. The van der Waals surface area contributed by atoms with E-state index in [1.54, 1.807) is 13.2 Å². The van der Waals surface area contributed by atoms with E-state index < -0.39 is 0 Å². The maximum Gasteiger partial charge on any atom is 0.243 e. The van der Waals surface area contributed by atoms with Crippen molar-refractivity contribution in [2.45, 2.75) is 18.5 Å². The van der Waals surface area contributed by atoms with Crippen LogP contribution in [-0.2, 0) is 23.1 Å². The van der Waals surface area contributed by atoms with Crippen LogP contribution in [0.2, 0.25) is 0 Å². The standard InChI is InChI=1S/C17H22N4O2S/c1-4-13-7-5-6-8-14(13)19-15(22)11-21(3)16(23)12-24-17-18-9-10-20(17)2/h5-10H,4,11-12H2,1-3H3,(H,19,22). The number of anilines is 1. The molecule has 0 aliphatic carbocycles. The van der Waals surface area contributed by atoms with E-state index in [9.17, 15) is 9.59 Å². The maximum absolute atomic E-state index is 12.2. The van der Waals surface area contributed by atoms with Gasteiger partial charge in [-0.15, -0.1) is 0 Å². The number of likely N-dealkylation sites (N-methyl/N-ethyl adjacent to an activating group) is 1. The molecule has 0 spiro atoms. The van der Waals surface area contributed by atoms with Gasteiger partial charge in [-0.1, -0.05) is 36.9 Å². The summed E-state index contributed by atoms with van der Waals surface area (Å²) in [7, 11) is 3.51. The Kier molecular flexibility index (Phi) is 6.43. The van der Waals surface area contributed by atoms with Crippen molar-refractivity contribution in [2.24, 2.45) is 7.05 Å². The number of aryl methyl sites for hydroxylation is 2. The second kappa shape index (κ2) is 8.54. The zero-order valence-electron chi connectivity index (χ0n) is 14.2. The van der Waals surface area contributed by atoms with E-state index in [0.717, 1.165) is 22.8 Å². The van der Waals surface area contributed by atoms with Gasteiger partial charge in [0.2, 0.25) is 11.8 Å². The first-order valence-electron chi connectivity index (χ1n) is 7.73. The lowest BCUT2D eigenvalue weighted by Gasteiger charge is -2.17. The molecular weight excluding hydrogens is 324 g/mol. The van der Waals surface area contributed by atoms with E-state index in [2.05, 4.69) is 10.3 Å². The number of carbonyl (C=O) groups is 2. The number of benzene rings is 1. The molecule has 0 aliphatic heterocycles. The quantitative estimate of drug-likeness (QED) is 0.780. The van der Waals surface area contributed by atoms with Crippen LogP contribution in [0, 0.1) is 0 Å². The molecule has 0 atom stereocenters. The highest BCUT2D eigenvalue weighted by atomic mass is 32.2. The molecule has 0 bridgehead atoms. The van der Waals surface area contributed by atoms with Crippen LogP contribution in [0.25, 0.3) is 0 Å². The summed E-state index contributed by atoms with van der Waals surface area (Å²) in [6, 6.07) is 7.68. The maximum atomic E-state index is 12.2. The summed E-state index contributed by atoms with van der Waals surface area (Å²) in [5.74, 6) is -0.0594. The molecule has 0 saturated heterocycles. The van der Waals surface area contributed by atoms with E-state index in [1.165, 1.54) is 16.7 Å². The summed E-state index contributed by atoms with van der Waals surface area (Å²) >= 11 is 1.36. The molecule has 0 unspecified atom stereocenters. The smallest absolute Gasteiger partial charge is 0.243 e. The molecule has 2 aromatic rings. The lowest BCUT2D eigenvalue weighted by molar-refractivity contribution is -0.131. The number of hydrogen-bond donors (Lipinski definition) is 1. The Morgan fingerprint density at radius 2 is 2.08 bits per heavy atom. The van der Waals surface area contributed by atoms with Crippen LogP contribution in [0.5, 0.6) is 0 Å². The minimum absolute atomic E-state index is 0.0258. The van der Waals surface area contributed by atoms with Gasteiger partial charge >= 0.3 is 0 Å². The van der Waals surface area contributed by atoms with Crippen molar-refractivity contribution < 1.29 is 9.59 Å². The Hall–Kier alpha value is -2.28. The van der Waals surface area contributed by atoms with Crippen molar-refractivity contribution in [2.75, 3.05) is 24.7 Å². The Morgan fingerprint density at radius 3 is 2.75 bits per heavy atom. The molecule has 1 aromatic carbocycles. The van der Waals surface area contributed by atoms with Crippen LogP contribution in [0.1, 0.15) is 12.5 Å². The molecule has 2 amide bonds. The van der Waals surface area contributed by atoms with Gasteiger partial charge in [-0.3, -0.25) is 9.59 Å². The third-order valence-electron chi connectivity index (χ3n) is 3.58. The monoisotopic (exact) mass is 346 g/mol. The third kappa shape index (κ3) is 4.86. The summed E-state index contributed by atoms with van der Waals surface area (Å²) in [4.78, 5) is 29.9. The molecule has 2 rings (SSSR count). The van der Waals surface area contributed by atoms with Gasteiger partial charge in [-0.2, -0.15) is 0 Å². The van der Waals surface area contributed by atoms with Crippen LogP contribution < -0.4 is 5.32 Å². The summed E-state index contributed by atoms with van der Waals surface area (Å²) in [5, 5.41) is 3.65. The molecule has 1 N–H and O–H groups in total. The second-order valence-electron chi connectivity index (χ2n) is 5.42. The predicted molar refractivity (Wildman–Crippen MR) is 96.0 cm³/mol. The number of nitrogens with zero attached hydrogens (tertiary/aromatic N) is 3. The van der Waals surface area contributed by atoms with Gasteiger partial charge in [0.15, 0.2) is 5.16 Å². The van der Waals surface area contributed by atoms with Crippen molar-refractivity contribution in [1.29, 1.82) is 0 Å². The van der Waals surface area contributed by atoms with Crippen LogP contribution >= 0.6 is 11.8 Å². The summed E-state index contributed by atoms with van der Waals surface area (Å²) < 4.78 is 1.85. The molecule has 7 heteroatoms. The Bertz CT molecular complexity index is 714. The molecular formula is C17H22N4O2S. The molecule has 0 fully saturated rings. The third-order valence-corrected chi connectivity index (χ3v) is 4.62. The van der Waals surface area contributed by atoms with Gasteiger partial charge in [-0.05, 0) is 18.1 Å². The summed E-state index contributed by atoms with van der Waals surface area (Å²) in [5.41, 5.74) is 1.87. The SMILES string of the molecule is CCc1ccccc1NC(=O)CN(C)C(=O)CSc1nccn1C. The molecule has 0 radical (unpaired) electrons. The highest BCUT2D eigenvalue weighted by Gasteiger charge is 2.15. The average molecular weight is 346 g/mol. The van der Waals surface area contributed by atoms with Crippen molar-refractivity contribution in [3.8, 4) is 0 Å². The number of thioether (sulfide) groups is 1. The topological polar surface area (TPSA) is 67.2 Å². The van der Waals surface area contributed by atoms with Crippen molar-refractivity contribution in [3.05, 3.63) is 42.2 Å². The largest absolute Gasteiger partial charge is 0.336 e. The van der Waals surface area contributed by atoms with Gasteiger partial charge in [0, 0.05) is 32.2 Å².